The number of hydrogen-bond donors (Lipinski definition) is 2. The molecule has 92 valence electrons. The fraction of sp³-hybridized carbons (Fsp3) is 0.700. The zero-order chi connectivity index (χ0) is 12.2. The molecule has 6 heteroatoms. The second-order valence-corrected chi connectivity index (χ2v) is 4.68. The molecule has 5 nitrogen and oxygen atoms in total. The van der Waals surface area contributed by atoms with Gasteiger partial charge < -0.3 is 15.6 Å². The topological polar surface area (TPSA) is 73.3 Å². The lowest BCUT2D eigenvalue weighted by Crippen LogP contribution is -2.34. The van der Waals surface area contributed by atoms with Crippen LogP contribution in [0.5, 0.6) is 0 Å². The summed E-state index contributed by atoms with van der Waals surface area (Å²) in [4.78, 5) is 0. The van der Waals surface area contributed by atoms with Gasteiger partial charge in [-0.1, -0.05) is 0 Å². The van der Waals surface area contributed by atoms with Crippen molar-refractivity contribution >= 4 is 15.9 Å². The average Bonchev–Trinajstić information content (AvgIpc) is 2.56. The van der Waals surface area contributed by atoms with E-state index in [2.05, 4.69) is 21.0 Å². The minimum atomic E-state index is -1.04. The van der Waals surface area contributed by atoms with Crippen molar-refractivity contribution in [2.24, 2.45) is 12.8 Å². The smallest absolute Gasteiger partial charge is 0.130 e. The molecule has 0 saturated carbocycles. The molecule has 1 heterocycles. The minimum Gasteiger partial charge on any atom is -0.381 e. The third kappa shape index (κ3) is 2.82. The first-order valence-electron chi connectivity index (χ1n) is 5.14. The Hall–Kier alpha value is -0.430. The number of halogens is 1. The molecule has 1 aromatic rings. The molecule has 0 fully saturated rings. The standard InChI is InChI=1S/C10H18BrN3O2/c1-14-9(8(11)6-13-14)10(15,7-16-2)4-3-5-12/h6,15H,3-5,7,12H2,1-2H3. The van der Waals surface area contributed by atoms with Crippen molar-refractivity contribution in [3.05, 3.63) is 16.4 Å². The quantitative estimate of drug-likeness (QED) is 0.811. The minimum absolute atomic E-state index is 0.227. The Bertz CT molecular complexity index is 323. The van der Waals surface area contributed by atoms with E-state index in [1.807, 2.05) is 0 Å². The van der Waals surface area contributed by atoms with Crippen LogP contribution < -0.4 is 5.73 Å². The van der Waals surface area contributed by atoms with E-state index in [0.29, 0.717) is 13.0 Å². The highest BCUT2D eigenvalue weighted by Crippen LogP contribution is 2.31. The molecule has 0 amide bonds. The second kappa shape index (κ2) is 5.77. The third-order valence-electron chi connectivity index (χ3n) is 2.51. The molecule has 16 heavy (non-hydrogen) atoms. The van der Waals surface area contributed by atoms with E-state index in [1.165, 1.54) is 0 Å². The number of nitrogens with two attached hydrogens (primary N) is 1. The van der Waals surface area contributed by atoms with E-state index in [4.69, 9.17) is 10.5 Å². The van der Waals surface area contributed by atoms with Crippen molar-refractivity contribution in [2.75, 3.05) is 20.3 Å². The summed E-state index contributed by atoms with van der Waals surface area (Å²) in [7, 11) is 3.36. The predicted molar refractivity (Wildman–Crippen MR) is 65.0 cm³/mol. The molecule has 0 aliphatic carbocycles. The van der Waals surface area contributed by atoms with E-state index in [0.717, 1.165) is 16.6 Å². The van der Waals surface area contributed by atoms with Crippen molar-refractivity contribution in [2.45, 2.75) is 18.4 Å². The summed E-state index contributed by atoms with van der Waals surface area (Å²) in [5.74, 6) is 0. The Morgan fingerprint density at radius 1 is 1.69 bits per heavy atom. The molecule has 0 radical (unpaired) electrons. The zero-order valence-corrected chi connectivity index (χ0v) is 11.2. The Morgan fingerprint density at radius 2 is 2.38 bits per heavy atom. The fourth-order valence-electron chi connectivity index (χ4n) is 1.83. The van der Waals surface area contributed by atoms with E-state index in [-0.39, 0.29) is 6.61 Å². The van der Waals surface area contributed by atoms with Crippen molar-refractivity contribution in [3.63, 3.8) is 0 Å². The highest BCUT2D eigenvalue weighted by atomic mass is 79.9. The highest BCUT2D eigenvalue weighted by molar-refractivity contribution is 9.10. The number of rotatable bonds is 6. The summed E-state index contributed by atoms with van der Waals surface area (Å²) in [6.45, 7) is 0.770. The van der Waals surface area contributed by atoms with E-state index in [1.54, 1.807) is 25.0 Å². The SMILES string of the molecule is COCC(O)(CCCN)c1c(Br)cnn1C. The number of methoxy groups -OCH3 is 1. The maximum atomic E-state index is 10.6. The molecule has 0 aliphatic heterocycles. The van der Waals surface area contributed by atoms with Gasteiger partial charge in [0.05, 0.1) is 23.0 Å². The van der Waals surface area contributed by atoms with Crippen molar-refractivity contribution in [1.29, 1.82) is 0 Å². The number of hydrogen-bond acceptors (Lipinski definition) is 4. The van der Waals surface area contributed by atoms with Gasteiger partial charge in [-0.15, -0.1) is 0 Å². The van der Waals surface area contributed by atoms with Gasteiger partial charge in [0.25, 0.3) is 0 Å². The van der Waals surface area contributed by atoms with E-state index < -0.39 is 5.60 Å². The Kier molecular flexibility index (Phi) is 4.91. The second-order valence-electron chi connectivity index (χ2n) is 3.82. The molecule has 1 atom stereocenters. The van der Waals surface area contributed by atoms with Gasteiger partial charge >= 0.3 is 0 Å². The van der Waals surface area contributed by atoms with Crippen LogP contribution >= 0.6 is 15.9 Å². The van der Waals surface area contributed by atoms with Crippen LogP contribution in [0.25, 0.3) is 0 Å². The summed E-state index contributed by atoms with van der Waals surface area (Å²) in [5, 5.41) is 14.7. The molecule has 1 aromatic heterocycles. The normalized spacial score (nSPS) is 15.1. The van der Waals surface area contributed by atoms with Gasteiger partial charge in [-0.05, 0) is 35.3 Å². The molecule has 0 bridgehead atoms. The summed E-state index contributed by atoms with van der Waals surface area (Å²) >= 11 is 3.38. The van der Waals surface area contributed by atoms with Gasteiger partial charge in [-0.2, -0.15) is 5.10 Å². The van der Waals surface area contributed by atoms with E-state index >= 15 is 0 Å². The first kappa shape index (κ1) is 13.6. The lowest BCUT2D eigenvalue weighted by atomic mass is 9.94. The lowest BCUT2D eigenvalue weighted by Gasteiger charge is -2.28. The van der Waals surface area contributed by atoms with Crippen LogP contribution in [0.3, 0.4) is 0 Å². The molecule has 1 rings (SSSR count). The van der Waals surface area contributed by atoms with E-state index in [9.17, 15) is 5.11 Å². The molecule has 0 spiro atoms. The monoisotopic (exact) mass is 291 g/mol. The van der Waals surface area contributed by atoms with Crippen LogP contribution in [0, 0.1) is 0 Å². The molecule has 3 N–H and O–H groups in total. The van der Waals surface area contributed by atoms with Crippen LogP contribution in [0.15, 0.2) is 10.7 Å². The summed E-state index contributed by atoms with van der Waals surface area (Å²) in [6.07, 6.45) is 2.95. The molecule has 0 aromatic carbocycles. The molecular weight excluding hydrogens is 274 g/mol. The van der Waals surface area contributed by atoms with Gasteiger partial charge in [0.2, 0.25) is 0 Å². The average molecular weight is 292 g/mol. The highest BCUT2D eigenvalue weighted by Gasteiger charge is 2.34. The summed E-state index contributed by atoms with van der Waals surface area (Å²) in [6, 6.07) is 0. The van der Waals surface area contributed by atoms with Crippen LogP contribution in [0.4, 0.5) is 0 Å². The zero-order valence-electron chi connectivity index (χ0n) is 9.61. The first-order valence-corrected chi connectivity index (χ1v) is 5.94. The van der Waals surface area contributed by atoms with Crippen molar-refractivity contribution in [1.82, 2.24) is 9.78 Å². The first-order chi connectivity index (χ1) is 7.55. The molecule has 0 saturated heterocycles. The number of aromatic nitrogens is 2. The largest absolute Gasteiger partial charge is 0.381 e. The van der Waals surface area contributed by atoms with Crippen molar-refractivity contribution < 1.29 is 9.84 Å². The molecule has 1 unspecified atom stereocenters. The molecule has 0 aliphatic rings. The van der Waals surface area contributed by atoms with Crippen LogP contribution in [0.1, 0.15) is 18.5 Å². The summed E-state index contributed by atoms with van der Waals surface area (Å²) in [5.41, 5.74) is 5.16. The predicted octanol–water partition coefficient (Wildman–Crippen LogP) is 0.755. The number of ether oxygens (including phenoxy) is 1. The van der Waals surface area contributed by atoms with Crippen molar-refractivity contribution in [3.8, 4) is 0 Å². The Balaban J connectivity index is 3.00. The Morgan fingerprint density at radius 3 is 2.81 bits per heavy atom. The number of aliphatic hydroxyl groups is 1. The number of nitrogens with zero attached hydrogens (tertiary/aromatic N) is 2. The molecular formula is C10H18BrN3O2. The summed E-state index contributed by atoms with van der Waals surface area (Å²) < 4.78 is 7.52. The van der Waals surface area contributed by atoms with Gasteiger partial charge in [-0.3, -0.25) is 4.68 Å². The van der Waals surface area contributed by atoms with Gasteiger partial charge in [-0.25, -0.2) is 0 Å². The maximum Gasteiger partial charge on any atom is 0.130 e. The van der Waals surface area contributed by atoms with Crippen LogP contribution in [-0.4, -0.2) is 35.1 Å². The fourth-order valence-corrected chi connectivity index (χ4v) is 2.54. The van der Waals surface area contributed by atoms with Gasteiger partial charge in [0.1, 0.15) is 5.60 Å². The maximum absolute atomic E-state index is 10.6. The number of aryl methyl sites for hydroxylation is 1. The Labute approximate surface area is 104 Å². The van der Waals surface area contributed by atoms with Crippen LogP contribution in [0.2, 0.25) is 0 Å². The van der Waals surface area contributed by atoms with Gasteiger partial charge in [0.15, 0.2) is 0 Å². The third-order valence-corrected chi connectivity index (χ3v) is 3.09. The van der Waals surface area contributed by atoms with Crippen LogP contribution in [-0.2, 0) is 17.4 Å². The van der Waals surface area contributed by atoms with Gasteiger partial charge in [0, 0.05) is 14.2 Å². The lowest BCUT2D eigenvalue weighted by molar-refractivity contribution is -0.0491.